The molecule has 1 fully saturated rings. The number of hydrogen-bond acceptors (Lipinski definition) is 8. The van der Waals surface area contributed by atoms with Gasteiger partial charge in [0.2, 0.25) is 10.0 Å². The summed E-state index contributed by atoms with van der Waals surface area (Å²) in [5.74, 6) is 0. The van der Waals surface area contributed by atoms with Gasteiger partial charge in [-0.2, -0.15) is 9.52 Å². The lowest BCUT2D eigenvalue weighted by Crippen LogP contribution is -2.37. The van der Waals surface area contributed by atoms with Gasteiger partial charge in [-0.3, -0.25) is 15.0 Å². The molecule has 1 aromatic rings. The maximum Gasteiger partial charge on any atom is 0.410 e. The van der Waals surface area contributed by atoms with Gasteiger partial charge in [-0.15, -0.1) is 0 Å². The number of likely N-dealkylation sites (tertiary alicyclic amines) is 1. The Labute approximate surface area is 156 Å². The van der Waals surface area contributed by atoms with Crippen molar-refractivity contribution in [1.29, 1.82) is 0 Å². The molecule has 148 valence electrons. The Balaban J connectivity index is 1.98. The van der Waals surface area contributed by atoms with Crippen LogP contribution in [0.3, 0.4) is 0 Å². The number of carbonyl (C=O) groups is 1. The highest BCUT2D eigenvalue weighted by Gasteiger charge is 2.34. The van der Waals surface area contributed by atoms with Crippen LogP contribution in [-0.2, 0) is 21.4 Å². The number of β-amino-alcohol motifs (C(OH)–C–C–N with tert-alkyl or cyclic N) is 1. The van der Waals surface area contributed by atoms with Crippen LogP contribution in [0.2, 0.25) is 0 Å². The first-order chi connectivity index (χ1) is 12.6. The van der Waals surface area contributed by atoms with Crippen molar-refractivity contribution in [1.82, 2.24) is 9.31 Å². The predicted molar refractivity (Wildman–Crippen MR) is 95.5 cm³/mol. The number of hydrogen-bond donors (Lipinski definition) is 1. The molecule has 27 heavy (non-hydrogen) atoms. The number of ether oxygens (including phenoxy) is 1. The molecule has 11 nitrogen and oxygen atoms in total. The molecule has 0 aromatic heterocycles. The molecule has 0 aliphatic carbocycles. The van der Waals surface area contributed by atoms with Gasteiger partial charge in [-0.1, -0.05) is 0 Å². The normalized spacial score (nSPS) is 20.0. The van der Waals surface area contributed by atoms with Crippen LogP contribution >= 0.6 is 0 Å². The summed E-state index contributed by atoms with van der Waals surface area (Å²) in [7, 11) is -2.25. The molecule has 1 amide bonds. The molecule has 1 saturated heterocycles. The summed E-state index contributed by atoms with van der Waals surface area (Å²) in [6.07, 6.45) is 0.975. The second kappa shape index (κ2) is 8.31. The van der Waals surface area contributed by atoms with E-state index in [4.69, 9.17) is 4.74 Å². The van der Waals surface area contributed by atoms with Gasteiger partial charge in [0, 0.05) is 31.8 Å². The topological polar surface area (TPSA) is 143 Å². The van der Waals surface area contributed by atoms with E-state index in [2.05, 4.69) is 5.10 Å². The van der Waals surface area contributed by atoms with E-state index in [-0.39, 0.29) is 25.3 Å². The minimum absolute atomic E-state index is 0.0262. The zero-order valence-corrected chi connectivity index (χ0v) is 15.6. The molecule has 0 radical (unpaired) electrons. The molecule has 12 heteroatoms. The maximum absolute atomic E-state index is 12.3. The Morgan fingerprint density at radius 3 is 2.67 bits per heavy atom. The van der Waals surface area contributed by atoms with Crippen LogP contribution < -0.4 is 0 Å². The molecule has 2 atom stereocenters. The molecular formula is C15H20N4O7S. The van der Waals surface area contributed by atoms with Gasteiger partial charge >= 0.3 is 6.09 Å². The lowest BCUT2D eigenvalue weighted by atomic mass is 10.2. The third kappa shape index (κ3) is 5.62. The number of carbonyl (C=O) groups excluding carboxylic acids is 1. The molecule has 0 spiro atoms. The third-order valence-corrected chi connectivity index (χ3v) is 5.00. The highest BCUT2D eigenvalue weighted by Crippen LogP contribution is 2.19. The summed E-state index contributed by atoms with van der Waals surface area (Å²) >= 11 is 0. The summed E-state index contributed by atoms with van der Waals surface area (Å²) in [4.78, 5) is 23.6. The largest absolute Gasteiger partial charge is 0.445 e. The van der Waals surface area contributed by atoms with Gasteiger partial charge in [0.1, 0.15) is 6.61 Å². The number of aliphatic hydroxyl groups is 1. The van der Waals surface area contributed by atoms with E-state index in [1.807, 2.05) is 0 Å². The van der Waals surface area contributed by atoms with Gasteiger partial charge in [-0.05, 0) is 17.7 Å². The zero-order valence-electron chi connectivity index (χ0n) is 14.8. The lowest BCUT2D eigenvalue weighted by Gasteiger charge is -2.21. The van der Waals surface area contributed by atoms with Crippen LogP contribution in [0.5, 0.6) is 0 Å². The minimum Gasteiger partial charge on any atom is -0.445 e. The Morgan fingerprint density at radius 2 is 2.11 bits per heavy atom. The van der Waals surface area contributed by atoms with Crippen LogP contribution in [0.15, 0.2) is 29.4 Å². The van der Waals surface area contributed by atoms with Crippen molar-refractivity contribution in [3.63, 3.8) is 0 Å². The molecule has 1 N–H and O–H groups in total. The number of benzene rings is 1. The van der Waals surface area contributed by atoms with Crippen molar-refractivity contribution in [2.75, 3.05) is 19.8 Å². The Morgan fingerprint density at radius 1 is 1.48 bits per heavy atom. The number of amides is 1. The lowest BCUT2D eigenvalue weighted by molar-refractivity contribution is -0.384. The van der Waals surface area contributed by atoms with E-state index in [0.717, 1.165) is 10.7 Å². The first-order valence-electron chi connectivity index (χ1n) is 7.90. The second-order valence-electron chi connectivity index (χ2n) is 6.05. The van der Waals surface area contributed by atoms with Crippen molar-refractivity contribution in [3.05, 3.63) is 39.9 Å². The summed E-state index contributed by atoms with van der Waals surface area (Å²) in [6, 6.07) is 4.95. The molecule has 1 aliphatic rings. The smallest absolute Gasteiger partial charge is 0.410 e. The molecular weight excluding hydrogens is 380 g/mol. The van der Waals surface area contributed by atoms with Crippen LogP contribution in [0, 0.1) is 10.1 Å². The monoisotopic (exact) mass is 400 g/mol. The Hall–Kier alpha value is -2.73. The fraction of sp³-hybridized carbons (Fsp3) is 0.467. The van der Waals surface area contributed by atoms with Crippen molar-refractivity contribution >= 4 is 28.0 Å². The van der Waals surface area contributed by atoms with Crippen LogP contribution in [0.4, 0.5) is 10.5 Å². The zero-order chi connectivity index (χ0) is 20.2. The summed E-state index contributed by atoms with van der Waals surface area (Å²) in [5.41, 5.74) is 0.495. The number of aliphatic hydroxyl groups excluding tert-OH is 1. The van der Waals surface area contributed by atoms with Gasteiger partial charge in [0.05, 0.1) is 29.9 Å². The molecule has 0 saturated carbocycles. The summed E-state index contributed by atoms with van der Waals surface area (Å²) < 4.78 is 28.7. The number of hydrazone groups is 1. The van der Waals surface area contributed by atoms with Crippen molar-refractivity contribution in [2.45, 2.75) is 25.2 Å². The number of nitro groups is 1. The van der Waals surface area contributed by atoms with E-state index >= 15 is 0 Å². The van der Waals surface area contributed by atoms with E-state index in [0.29, 0.717) is 5.56 Å². The predicted octanol–water partition coefficient (Wildman–Crippen LogP) is 0.544. The highest BCUT2D eigenvalue weighted by molar-refractivity contribution is 7.88. The highest BCUT2D eigenvalue weighted by atomic mass is 32.2. The Bertz CT molecular complexity index is 825. The van der Waals surface area contributed by atoms with Gasteiger partial charge in [0.25, 0.3) is 5.69 Å². The first-order valence-corrected chi connectivity index (χ1v) is 9.75. The van der Waals surface area contributed by atoms with Crippen molar-refractivity contribution in [2.24, 2.45) is 5.10 Å². The van der Waals surface area contributed by atoms with Gasteiger partial charge in [0.15, 0.2) is 0 Å². The van der Waals surface area contributed by atoms with Crippen LogP contribution in [0.25, 0.3) is 0 Å². The molecule has 0 unspecified atom stereocenters. The molecule has 0 bridgehead atoms. The molecule has 2 rings (SSSR count). The average molecular weight is 400 g/mol. The van der Waals surface area contributed by atoms with E-state index in [1.54, 1.807) is 0 Å². The van der Waals surface area contributed by atoms with Crippen molar-refractivity contribution in [3.8, 4) is 0 Å². The fourth-order valence-corrected chi connectivity index (χ4v) is 2.62. The standard InChI is InChI=1S/C15H20N4O7S/c1-17(27(2,24)25)16-8-13-7-14(20)9-18(13)15(21)26-10-11-3-5-12(6-4-11)19(22)23/h3-6,8,13-14,20H,7,9-10H2,1-2H3/t13-,14+/m0/s1. The fourth-order valence-electron chi connectivity index (χ4n) is 2.39. The van der Waals surface area contributed by atoms with E-state index < -0.39 is 33.2 Å². The maximum atomic E-state index is 12.3. The first kappa shape index (κ1) is 20.6. The molecule has 1 aromatic carbocycles. The summed E-state index contributed by atoms with van der Waals surface area (Å²) in [6.45, 7) is -0.0745. The third-order valence-electron chi connectivity index (χ3n) is 3.95. The number of rotatable bonds is 6. The average Bonchev–Trinajstić information content (AvgIpc) is 2.97. The molecule has 1 aliphatic heterocycles. The molecule has 1 heterocycles. The quantitative estimate of drug-likeness (QED) is 0.417. The Kier molecular flexibility index (Phi) is 6.33. The van der Waals surface area contributed by atoms with Crippen LogP contribution in [-0.4, -0.2) is 72.1 Å². The van der Waals surface area contributed by atoms with E-state index in [9.17, 15) is 28.4 Å². The second-order valence-corrected chi connectivity index (χ2v) is 8.04. The number of nitro benzene ring substituents is 1. The summed E-state index contributed by atoms with van der Waals surface area (Å²) in [5, 5.41) is 24.2. The van der Waals surface area contributed by atoms with Gasteiger partial charge in [-0.25, -0.2) is 13.2 Å². The number of nitrogens with zero attached hydrogens (tertiary/aromatic N) is 4. The van der Waals surface area contributed by atoms with Crippen LogP contribution in [0.1, 0.15) is 12.0 Å². The van der Waals surface area contributed by atoms with Crippen molar-refractivity contribution < 1.29 is 28.0 Å². The van der Waals surface area contributed by atoms with Gasteiger partial charge < -0.3 is 9.84 Å². The SMILES string of the molecule is CN(N=C[C@@H]1C[C@@H](O)CN1C(=O)OCc1ccc([N+](=O)[O-])cc1)S(C)(=O)=O. The minimum atomic E-state index is -3.51. The number of non-ortho nitro benzene ring substituents is 1. The van der Waals surface area contributed by atoms with E-state index in [1.165, 1.54) is 42.4 Å². The number of sulfonamides is 1.